The maximum absolute atomic E-state index is 12.4. The average molecular weight is 316 g/mol. The van der Waals surface area contributed by atoms with Crippen molar-refractivity contribution in [1.82, 2.24) is 20.5 Å². The summed E-state index contributed by atoms with van der Waals surface area (Å²) in [6.45, 7) is 3.84. The smallest absolute Gasteiger partial charge is 0.287 e. The summed E-state index contributed by atoms with van der Waals surface area (Å²) < 4.78 is 5.76. The molecule has 0 atom stereocenters. The molecule has 0 saturated heterocycles. The molecule has 0 fully saturated rings. The van der Waals surface area contributed by atoms with Crippen LogP contribution in [0.25, 0.3) is 11.0 Å². The molecule has 2 heterocycles. The Balaban J connectivity index is 1.95. The highest BCUT2D eigenvalue weighted by atomic mass is 32.2. The Labute approximate surface area is 131 Å². The summed E-state index contributed by atoms with van der Waals surface area (Å²) >= 11 is 1.48. The van der Waals surface area contributed by atoms with E-state index >= 15 is 0 Å². The molecular weight excluding hydrogens is 300 g/mol. The summed E-state index contributed by atoms with van der Waals surface area (Å²) in [7, 11) is 0. The van der Waals surface area contributed by atoms with Gasteiger partial charge in [-0.05, 0) is 19.9 Å². The summed E-state index contributed by atoms with van der Waals surface area (Å²) in [5.41, 5.74) is 1.58. The van der Waals surface area contributed by atoms with Crippen LogP contribution in [-0.2, 0) is 5.75 Å². The fourth-order valence-corrected chi connectivity index (χ4v) is 2.96. The van der Waals surface area contributed by atoms with E-state index in [1.54, 1.807) is 0 Å². The largest absolute Gasteiger partial charge is 0.451 e. The molecule has 2 N–H and O–H groups in total. The van der Waals surface area contributed by atoms with Gasteiger partial charge in [0.1, 0.15) is 11.9 Å². The first-order chi connectivity index (χ1) is 10.6. The molecule has 114 valence electrons. The van der Waals surface area contributed by atoms with E-state index in [2.05, 4.69) is 20.5 Å². The van der Waals surface area contributed by atoms with Crippen LogP contribution in [0.2, 0.25) is 0 Å². The number of aromatic amines is 1. The zero-order valence-corrected chi connectivity index (χ0v) is 13.1. The summed E-state index contributed by atoms with van der Waals surface area (Å²) in [4.78, 5) is 16.4. The topological polar surface area (TPSA) is 83.8 Å². The fraction of sp³-hybridized carbons (Fsp3) is 0.267. The van der Waals surface area contributed by atoms with Crippen molar-refractivity contribution in [3.05, 3.63) is 41.9 Å². The number of fused-ring (bicyclic) bond motifs is 1. The van der Waals surface area contributed by atoms with Crippen LogP contribution in [0.3, 0.4) is 0 Å². The van der Waals surface area contributed by atoms with E-state index in [0.717, 1.165) is 10.9 Å². The highest BCUT2D eigenvalue weighted by Crippen LogP contribution is 2.30. The molecule has 0 radical (unpaired) electrons. The Kier molecular flexibility index (Phi) is 4.15. The van der Waals surface area contributed by atoms with E-state index in [1.165, 1.54) is 18.1 Å². The number of nitrogens with one attached hydrogen (secondary N) is 2. The lowest BCUT2D eigenvalue weighted by molar-refractivity contribution is 0.0916. The number of rotatable bonds is 5. The highest BCUT2D eigenvalue weighted by Gasteiger charge is 2.21. The zero-order chi connectivity index (χ0) is 15.5. The number of para-hydroxylation sites is 1. The molecule has 2 aromatic heterocycles. The second-order valence-electron chi connectivity index (χ2n) is 5.11. The molecule has 0 aliphatic heterocycles. The molecule has 0 aliphatic carbocycles. The fourth-order valence-electron chi connectivity index (χ4n) is 2.16. The number of hydrogen-bond donors (Lipinski definition) is 2. The number of carbonyl (C=O) groups excluding carboxylic acids is 1. The average Bonchev–Trinajstić information content (AvgIpc) is 3.11. The van der Waals surface area contributed by atoms with Crippen LogP contribution in [0, 0.1) is 0 Å². The lowest BCUT2D eigenvalue weighted by Gasteiger charge is -2.07. The van der Waals surface area contributed by atoms with Crippen molar-refractivity contribution in [3.63, 3.8) is 0 Å². The van der Waals surface area contributed by atoms with Crippen molar-refractivity contribution in [2.45, 2.75) is 30.8 Å². The first-order valence-corrected chi connectivity index (χ1v) is 7.93. The lowest BCUT2D eigenvalue weighted by Crippen LogP contribution is -2.30. The number of aromatic nitrogens is 3. The molecule has 0 bridgehead atoms. The quantitative estimate of drug-likeness (QED) is 0.707. The predicted octanol–water partition coefficient (Wildman–Crippen LogP) is 2.98. The summed E-state index contributed by atoms with van der Waals surface area (Å²) in [5.74, 6) is 0.744. The minimum absolute atomic E-state index is 0.0514. The number of carbonyl (C=O) groups is 1. The van der Waals surface area contributed by atoms with Gasteiger partial charge >= 0.3 is 0 Å². The minimum Gasteiger partial charge on any atom is -0.451 e. The molecular formula is C15H16N4O2S. The molecule has 3 rings (SSSR count). The van der Waals surface area contributed by atoms with E-state index in [0.29, 0.717) is 22.3 Å². The number of hydrogen-bond acceptors (Lipinski definition) is 5. The maximum atomic E-state index is 12.4. The van der Waals surface area contributed by atoms with E-state index in [-0.39, 0.29) is 11.9 Å². The first-order valence-electron chi connectivity index (χ1n) is 6.94. The molecule has 0 spiro atoms. The van der Waals surface area contributed by atoms with Gasteiger partial charge in [-0.2, -0.15) is 5.10 Å². The van der Waals surface area contributed by atoms with E-state index in [1.807, 2.05) is 38.1 Å². The molecule has 0 aliphatic rings. The van der Waals surface area contributed by atoms with Gasteiger partial charge in [0, 0.05) is 22.7 Å². The molecule has 0 unspecified atom stereocenters. The summed E-state index contributed by atoms with van der Waals surface area (Å²) in [6.07, 6.45) is 1.46. The van der Waals surface area contributed by atoms with Gasteiger partial charge in [0.2, 0.25) is 0 Å². The number of benzene rings is 1. The number of amides is 1. The van der Waals surface area contributed by atoms with Crippen molar-refractivity contribution < 1.29 is 9.21 Å². The molecule has 1 amide bonds. The Bertz CT molecular complexity index is 780. The monoisotopic (exact) mass is 316 g/mol. The van der Waals surface area contributed by atoms with Crippen LogP contribution in [0.4, 0.5) is 0 Å². The number of H-pyrrole nitrogens is 1. The van der Waals surface area contributed by atoms with Gasteiger partial charge in [0.25, 0.3) is 5.91 Å². The van der Waals surface area contributed by atoms with Crippen LogP contribution in [0.15, 0.2) is 40.2 Å². The van der Waals surface area contributed by atoms with Gasteiger partial charge < -0.3 is 9.73 Å². The van der Waals surface area contributed by atoms with E-state index in [9.17, 15) is 4.79 Å². The second kappa shape index (κ2) is 6.23. The number of thioether (sulfide) groups is 1. The maximum Gasteiger partial charge on any atom is 0.287 e. The molecule has 6 nitrogen and oxygen atoms in total. The number of furan rings is 1. The third kappa shape index (κ3) is 2.99. The van der Waals surface area contributed by atoms with Gasteiger partial charge in [0.15, 0.2) is 10.9 Å². The van der Waals surface area contributed by atoms with Crippen molar-refractivity contribution in [2.24, 2.45) is 0 Å². The molecule has 1 aromatic carbocycles. The molecule has 7 heteroatoms. The Morgan fingerprint density at radius 2 is 2.23 bits per heavy atom. The van der Waals surface area contributed by atoms with Gasteiger partial charge in [-0.15, -0.1) is 0 Å². The van der Waals surface area contributed by atoms with Gasteiger partial charge in [-0.1, -0.05) is 30.0 Å². The van der Waals surface area contributed by atoms with Crippen molar-refractivity contribution in [1.29, 1.82) is 0 Å². The van der Waals surface area contributed by atoms with Crippen LogP contribution < -0.4 is 5.32 Å². The second-order valence-corrected chi connectivity index (χ2v) is 6.08. The molecule has 3 aromatic rings. The SMILES string of the molecule is CC(C)NC(=O)c1oc2ccccc2c1CSc1ncn[nH]1. The minimum atomic E-state index is -0.195. The Morgan fingerprint density at radius 3 is 2.95 bits per heavy atom. The van der Waals surface area contributed by atoms with Crippen molar-refractivity contribution >= 4 is 28.6 Å². The van der Waals surface area contributed by atoms with Crippen molar-refractivity contribution in [2.75, 3.05) is 0 Å². The normalized spacial score (nSPS) is 11.2. The van der Waals surface area contributed by atoms with Gasteiger partial charge in [0.05, 0.1) is 0 Å². The van der Waals surface area contributed by atoms with E-state index in [4.69, 9.17) is 4.42 Å². The zero-order valence-electron chi connectivity index (χ0n) is 12.3. The van der Waals surface area contributed by atoms with Crippen LogP contribution in [0.5, 0.6) is 0 Å². The van der Waals surface area contributed by atoms with Crippen molar-refractivity contribution in [3.8, 4) is 0 Å². The van der Waals surface area contributed by atoms with E-state index < -0.39 is 0 Å². The van der Waals surface area contributed by atoms with Gasteiger partial charge in [-0.3, -0.25) is 9.89 Å². The molecule has 22 heavy (non-hydrogen) atoms. The standard InChI is InChI=1S/C15H16N4O2S/c1-9(2)18-14(20)13-11(7-22-15-16-8-17-19-15)10-5-3-4-6-12(10)21-13/h3-6,8-9H,7H2,1-2H3,(H,18,20)(H,16,17,19). The number of nitrogens with zero attached hydrogens (tertiary/aromatic N) is 2. The third-order valence-corrected chi connectivity index (χ3v) is 3.97. The van der Waals surface area contributed by atoms with Gasteiger partial charge in [-0.25, -0.2) is 4.98 Å². The first kappa shape index (κ1) is 14.6. The van der Waals surface area contributed by atoms with Crippen LogP contribution in [-0.4, -0.2) is 27.1 Å². The highest BCUT2D eigenvalue weighted by molar-refractivity contribution is 7.98. The Morgan fingerprint density at radius 1 is 1.41 bits per heavy atom. The van der Waals surface area contributed by atoms with Crippen LogP contribution >= 0.6 is 11.8 Å². The van der Waals surface area contributed by atoms with Crippen LogP contribution in [0.1, 0.15) is 30.0 Å². The summed E-state index contributed by atoms with van der Waals surface area (Å²) in [6, 6.07) is 7.70. The third-order valence-electron chi connectivity index (χ3n) is 3.07. The Hall–Kier alpha value is -2.28. The lowest BCUT2D eigenvalue weighted by atomic mass is 10.1. The predicted molar refractivity (Wildman–Crippen MR) is 84.8 cm³/mol. The molecule has 0 saturated carbocycles. The summed E-state index contributed by atoms with van der Waals surface area (Å²) in [5, 5.41) is 11.2.